The first kappa shape index (κ1) is 6.54. The van der Waals surface area contributed by atoms with Crippen LogP contribution in [0.1, 0.15) is 20.3 Å². The Kier molecular flexibility index (Phi) is 3.48. The van der Waals surface area contributed by atoms with Gasteiger partial charge in [0.25, 0.3) is 0 Å². The van der Waals surface area contributed by atoms with Crippen LogP contribution >= 0.6 is 0 Å². The van der Waals surface area contributed by atoms with Crippen molar-refractivity contribution in [1.82, 2.24) is 0 Å². The summed E-state index contributed by atoms with van der Waals surface area (Å²) in [5.74, 6) is 1.06. The molecule has 1 nitrogen and oxygen atoms in total. The molecule has 0 heterocycles. The van der Waals surface area contributed by atoms with Crippen LogP contribution < -0.4 is 0 Å². The van der Waals surface area contributed by atoms with Gasteiger partial charge in [-0.3, -0.25) is 0 Å². The second-order valence-electron chi connectivity index (χ2n) is 1.31. The van der Waals surface area contributed by atoms with E-state index in [1.807, 2.05) is 13.0 Å². The minimum absolute atomic E-state index is 0.993. The Morgan fingerprint density at radius 1 is 1.71 bits per heavy atom. The molecule has 0 amide bonds. The highest BCUT2D eigenvalue weighted by atomic mass is 16.5. The third kappa shape index (κ3) is 2.26. The van der Waals surface area contributed by atoms with Gasteiger partial charge in [0.2, 0.25) is 0 Å². The maximum atomic E-state index is 4.91. The summed E-state index contributed by atoms with van der Waals surface area (Å²) in [5.41, 5.74) is 0. The van der Waals surface area contributed by atoms with Gasteiger partial charge in [-0.1, -0.05) is 6.92 Å². The predicted octanol–water partition coefficient (Wildman–Crippen LogP) is 1.95. The van der Waals surface area contributed by atoms with E-state index >= 15 is 0 Å². The SMILES string of the molecule is C/C=C(/CC)OC. The molecule has 0 aromatic heterocycles. The van der Waals surface area contributed by atoms with Crippen LogP contribution in [0, 0.1) is 0 Å². The molecule has 0 rings (SSSR count). The third-order valence-electron chi connectivity index (χ3n) is 0.933. The molecule has 0 aliphatic carbocycles. The summed E-state index contributed by atoms with van der Waals surface area (Å²) in [7, 11) is 1.69. The van der Waals surface area contributed by atoms with Gasteiger partial charge in [0.1, 0.15) is 0 Å². The Morgan fingerprint density at radius 2 is 2.29 bits per heavy atom. The van der Waals surface area contributed by atoms with Crippen LogP contribution in [-0.4, -0.2) is 7.11 Å². The highest BCUT2D eigenvalue weighted by Crippen LogP contribution is 1.97. The summed E-state index contributed by atoms with van der Waals surface area (Å²) in [4.78, 5) is 0. The second kappa shape index (κ2) is 3.72. The quantitative estimate of drug-likeness (QED) is 0.482. The van der Waals surface area contributed by atoms with E-state index in [1.165, 1.54) is 0 Å². The van der Waals surface area contributed by atoms with E-state index in [-0.39, 0.29) is 0 Å². The first-order valence-electron chi connectivity index (χ1n) is 2.54. The van der Waals surface area contributed by atoms with Crippen molar-refractivity contribution in [2.24, 2.45) is 0 Å². The van der Waals surface area contributed by atoms with Gasteiger partial charge in [0.05, 0.1) is 12.9 Å². The summed E-state index contributed by atoms with van der Waals surface area (Å²) >= 11 is 0. The third-order valence-corrected chi connectivity index (χ3v) is 0.933. The van der Waals surface area contributed by atoms with E-state index in [0.29, 0.717) is 0 Å². The highest BCUT2D eigenvalue weighted by molar-refractivity contribution is 4.87. The second-order valence-corrected chi connectivity index (χ2v) is 1.31. The molecule has 0 bridgehead atoms. The minimum Gasteiger partial charge on any atom is -0.501 e. The zero-order chi connectivity index (χ0) is 5.70. The Morgan fingerprint density at radius 3 is 2.29 bits per heavy atom. The first-order valence-corrected chi connectivity index (χ1v) is 2.54. The predicted molar refractivity (Wildman–Crippen MR) is 31.1 cm³/mol. The molecule has 7 heavy (non-hydrogen) atoms. The Bertz CT molecular complexity index is 58.6. The summed E-state index contributed by atoms with van der Waals surface area (Å²) in [6.45, 7) is 4.04. The van der Waals surface area contributed by atoms with Crippen LogP contribution in [0.5, 0.6) is 0 Å². The lowest BCUT2D eigenvalue weighted by molar-refractivity contribution is 0.280. The largest absolute Gasteiger partial charge is 0.501 e. The molecular weight excluding hydrogens is 88.1 g/mol. The Balaban J connectivity index is 3.38. The molecular formula is C6H12O. The van der Waals surface area contributed by atoms with Gasteiger partial charge >= 0.3 is 0 Å². The van der Waals surface area contributed by atoms with Gasteiger partial charge in [-0.05, 0) is 13.0 Å². The van der Waals surface area contributed by atoms with Crippen molar-refractivity contribution in [3.8, 4) is 0 Å². The lowest BCUT2D eigenvalue weighted by atomic mass is 10.4. The maximum Gasteiger partial charge on any atom is 0.0910 e. The number of methoxy groups -OCH3 is 1. The van der Waals surface area contributed by atoms with Crippen molar-refractivity contribution in [3.05, 3.63) is 11.8 Å². The van der Waals surface area contributed by atoms with Crippen molar-refractivity contribution in [2.75, 3.05) is 7.11 Å². The zero-order valence-electron chi connectivity index (χ0n) is 5.19. The molecule has 0 saturated carbocycles. The molecule has 0 spiro atoms. The van der Waals surface area contributed by atoms with Crippen LogP contribution in [0.2, 0.25) is 0 Å². The summed E-state index contributed by atoms with van der Waals surface area (Å²) < 4.78 is 4.91. The lowest BCUT2D eigenvalue weighted by Crippen LogP contribution is -1.80. The maximum absolute atomic E-state index is 4.91. The number of rotatable bonds is 2. The van der Waals surface area contributed by atoms with Crippen LogP contribution in [0.3, 0.4) is 0 Å². The van der Waals surface area contributed by atoms with E-state index in [1.54, 1.807) is 7.11 Å². The molecule has 0 aromatic carbocycles. The van der Waals surface area contributed by atoms with Crippen LogP contribution in [0.25, 0.3) is 0 Å². The van der Waals surface area contributed by atoms with Crippen LogP contribution in [-0.2, 0) is 4.74 Å². The molecule has 0 N–H and O–H groups in total. The molecule has 0 radical (unpaired) electrons. The molecule has 0 aromatic rings. The number of allylic oxidation sites excluding steroid dienone is 2. The smallest absolute Gasteiger partial charge is 0.0910 e. The molecule has 0 unspecified atom stereocenters. The molecule has 42 valence electrons. The van der Waals surface area contributed by atoms with E-state index in [0.717, 1.165) is 12.2 Å². The molecule has 0 fully saturated rings. The van der Waals surface area contributed by atoms with Crippen molar-refractivity contribution >= 4 is 0 Å². The lowest BCUT2D eigenvalue weighted by Gasteiger charge is -1.97. The van der Waals surface area contributed by atoms with E-state index in [2.05, 4.69) is 6.92 Å². The van der Waals surface area contributed by atoms with Gasteiger partial charge in [-0.2, -0.15) is 0 Å². The van der Waals surface area contributed by atoms with Crippen LogP contribution in [0.15, 0.2) is 11.8 Å². The summed E-state index contributed by atoms with van der Waals surface area (Å²) in [6, 6.07) is 0. The normalized spacial score (nSPS) is 11.6. The van der Waals surface area contributed by atoms with E-state index in [4.69, 9.17) is 4.74 Å². The topological polar surface area (TPSA) is 9.23 Å². The van der Waals surface area contributed by atoms with Gasteiger partial charge in [-0.15, -0.1) is 0 Å². The summed E-state index contributed by atoms with van der Waals surface area (Å²) in [6.07, 6.45) is 2.97. The average molecular weight is 100 g/mol. The number of hydrogen-bond acceptors (Lipinski definition) is 1. The molecule has 0 aliphatic heterocycles. The van der Waals surface area contributed by atoms with Crippen molar-refractivity contribution < 1.29 is 4.74 Å². The Hall–Kier alpha value is -0.460. The summed E-state index contributed by atoms with van der Waals surface area (Å²) in [5, 5.41) is 0. The van der Waals surface area contributed by atoms with Crippen molar-refractivity contribution in [2.45, 2.75) is 20.3 Å². The van der Waals surface area contributed by atoms with E-state index in [9.17, 15) is 0 Å². The van der Waals surface area contributed by atoms with E-state index < -0.39 is 0 Å². The monoisotopic (exact) mass is 100 g/mol. The molecule has 1 heteroatoms. The van der Waals surface area contributed by atoms with Crippen molar-refractivity contribution in [3.63, 3.8) is 0 Å². The fourth-order valence-corrected chi connectivity index (χ4v) is 0.466. The first-order chi connectivity index (χ1) is 3.35. The molecule has 0 atom stereocenters. The van der Waals surface area contributed by atoms with Gasteiger partial charge in [0.15, 0.2) is 0 Å². The standard InChI is InChI=1S/C6H12O/c1-4-6(5-2)7-3/h4H,5H2,1-3H3/b6-4-. The highest BCUT2D eigenvalue weighted by Gasteiger charge is 1.82. The minimum atomic E-state index is 0.993. The van der Waals surface area contributed by atoms with Gasteiger partial charge in [-0.25, -0.2) is 0 Å². The van der Waals surface area contributed by atoms with Crippen LogP contribution in [0.4, 0.5) is 0 Å². The molecule has 0 aliphatic rings. The Labute approximate surface area is 45.0 Å². The zero-order valence-corrected chi connectivity index (χ0v) is 5.19. The van der Waals surface area contributed by atoms with Crippen molar-refractivity contribution in [1.29, 1.82) is 0 Å². The average Bonchev–Trinajstić information content (AvgIpc) is 1.72. The van der Waals surface area contributed by atoms with Gasteiger partial charge < -0.3 is 4.74 Å². The number of ether oxygens (including phenoxy) is 1. The van der Waals surface area contributed by atoms with Gasteiger partial charge in [0, 0.05) is 6.42 Å². The fraction of sp³-hybridized carbons (Fsp3) is 0.667. The number of hydrogen-bond donors (Lipinski definition) is 0. The fourth-order valence-electron chi connectivity index (χ4n) is 0.466. The molecule has 0 saturated heterocycles.